The molecule has 5 heteroatoms. The molecule has 0 heterocycles. The van der Waals surface area contributed by atoms with Crippen molar-refractivity contribution in [1.82, 2.24) is 0 Å². The van der Waals surface area contributed by atoms with Gasteiger partial charge in [-0.05, 0) is 67.7 Å². The van der Waals surface area contributed by atoms with Crippen LogP contribution in [0.4, 0.5) is 13.2 Å². The molecule has 0 aliphatic heterocycles. The summed E-state index contributed by atoms with van der Waals surface area (Å²) in [5.74, 6) is -2.93. The molecule has 0 spiro atoms. The first-order valence-corrected chi connectivity index (χ1v) is 9.04. The van der Waals surface area contributed by atoms with E-state index in [0.717, 1.165) is 18.4 Å². The van der Waals surface area contributed by atoms with Crippen LogP contribution in [0.25, 0.3) is 0 Å². The fourth-order valence-corrected chi connectivity index (χ4v) is 3.75. The zero-order valence-electron chi connectivity index (χ0n) is 14.8. The average molecular weight is 364 g/mol. The van der Waals surface area contributed by atoms with Crippen LogP contribution in [0, 0.1) is 17.5 Å². The van der Waals surface area contributed by atoms with E-state index in [1.165, 1.54) is 12.1 Å². The van der Waals surface area contributed by atoms with E-state index in [1.807, 2.05) is 13.0 Å². The van der Waals surface area contributed by atoms with Crippen molar-refractivity contribution in [2.75, 3.05) is 6.61 Å². The predicted molar refractivity (Wildman–Crippen MR) is 93.7 cm³/mol. The molecule has 1 N–H and O–H groups in total. The molecule has 0 radical (unpaired) electrons. The van der Waals surface area contributed by atoms with Crippen molar-refractivity contribution >= 4 is 0 Å². The predicted octanol–water partition coefficient (Wildman–Crippen LogP) is 5.79. The van der Waals surface area contributed by atoms with Crippen LogP contribution >= 0.6 is 0 Å². The Morgan fingerprint density at radius 2 is 1.65 bits per heavy atom. The lowest BCUT2D eigenvalue weighted by Crippen LogP contribution is -2.14. The highest BCUT2D eigenvalue weighted by atomic mass is 19.2. The van der Waals surface area contributed by atoms with Crippen molar-refractivity contribution in [2.45, 2.75) is 51.0 Å². The normalized spacial score (nSPS) is 20.3. The second-order valence-electron chi connectivity index (χ2n) is 6.84. The van der Waals surface area contributed by atoms with Crippen LogP contribution in [0.5, 0.6) is 5.75 Å². The summed E-state index contributed by atoms with van der Waals surface area (Å²) in [6.07, 6.45) is 2.98. The number of halogens is 3. The zero-order valence-corrected chi connectivity index (χ0v) is 14.8. The molecule has 1 fully saturated rings. The first-order chi connectivity index (χ1) is 12.5. The molecule has 1 aliphatic carbocycles. The average Bonchev–Trinajstić information content (AvgIpc) is 2.65. The number of hydrogen-bond acceptors (Lipinski definition) is 2. The van der Waals surface area contributed by atoms with Gasteiger partial charge in [-0.3, -0.25) is 0 Å². The summed E-state index contributed by atoms with van der Waals surface area (Å²) >= 11 is 0. The molecular formula is C21H23F3O2. The van der Waals surface area contributed by atoms with E-state index in [4.69, 9.17) is 4.74 Å². The van der Waals surface area contributed by atoms with Gasteiger partial charge in [0.2, 0.25) is 5.82 Å². The highest BCUT2D eigenvalue weighted by Crippen LogP contribution is 2.42. The lowest BCUT2D eigenvalue weighted by atomic mass is 9.76. The highest BCUT2D eigenvalue weighted by molar-refractivity contribution is 5.33. The Hall–Kier alpha value is -2.01. The van der Waals surface area contributed by atoms with Gasteiger partial charge in [-0.25, -0.2) is 8.78 Å². The standard InChI is InChI=1S/C21H23F3O2/c1-2-26-12-16-8-7-15(11-18(16)22)13-3-5-14(6-4-13)17-9-10-19(25)21(24)20(17)23/h7-11,13-14,25H,2-6,12H2,1H3. The van der Waals surface area contributed by atoms with Gasteiger partial charge in [0.1, 0.15) is 5.82 Å². The van der Waals surface area contributed by atoms with Gasteiger partial charge in [0.25, 0.3) is 0 Å². The minimum Gasteiger partial charge on any atom is -0.505 e. The Kier molecular flexibility index (Phi) is 5.87. The molecule has 0 bridgehead atoms. The van der Waals surface area contributed by atoms with Crippen molar-refractivity contribution in [3.05, 3.63) is 64.5 Å². The molecule has 0 unspecified atom stereocenters. The summed E-state index contributed by atoms with van der Waals surface area (Å²) in [5.41, 5.74) is 1.81. The second-order valence-corrected chi connectivity index (χ2v) is 6.84. The van der Waals surface area contributed by atoms with Crippen LogP contribution < -0.4 is 0 Å². The Morgan fingerprint density at radius 1 is 0.962 bits per heavy atom. The third-order valence-electron chi connectivity index (χ3n) is 5.27. The molecule has 2 nitrogen and oxygen atoms in total. The molecular weight excluding hydrogens is 341 g/mol. The van der Waals surface area contributed by atoms with Gasteiger partial charge in [-0.15, -0.1) is 0 Å². The van der Waals surface area contributed by atoms with Crippen LogP contribution in [0.1, 0.15) is 61.1 Å². The maximum Gasteiger partial charge on any atom is 0.200 e. The molecule has 2 aromatic rings. The Bertz CT molecular complexity index is 768. The van der Waals surface area contributed by atoms with Crippen LogP contribution in [0.15, 0.2) is 30.3 Å². The molecule has 0 aromatic heterocycles. The van der Waals surface area contributed by atoms with Crippen LogP contribution in [0.3, 0.4) is 0 Å². The fraction of sp³-hybridized carbons (Fsp3) is 0.429. The van der Waals surface area contributed by atoms with Gasteiger partial charge in [0, 0.05) is 12.2 Å². The fourth-order valence-electron chi connectivity index (χ4n) is 3.75. The van der Waals surface area contributed by atoms with Crippen molar-refractivity contribution < 1.29 is 23.0 Å². The number of aromatic hydroxyl groups is 1. The van der Waals surface area contributed by atoms with Gasteiger partial charge in [-0.1, -0.05) is 18.2 Å². The molecule has 1 saturated carbocycles. The van der Waals surface area contributed by atoms with E-state index in [2.05, 4.69) is 0 Å². The minimum absolute atomic E-state index is 0.0802. The number of benzene rings is 2. The van der Waals surface area contributed by atoms with Crippen molar-refractivity contribution in [2.24, 2.45) is 0 Å². The monoisotopic (exact) mass is 364 g/mol. The topological polar surface area (TPSA) is 29.5 Å². The van der Waals surface area contributed by atoms with Gasteiger partial charge < -0.3 is 9.84 Å². The van der Waals surface area contributed by atoms with E-state index in [9.17, 15) is 18.3 Å². The first kappa shape index (κ1) is 18.8. The summed E-state index contributed by atoms with van der Waals surface area (Å²) in [6.45, 7) is 2.67. The Morgan fingerprint density at radius 3 is 2.31 bits per heavy atom. The lowest BCUT2D eigenvalue weighted by molar-refractivity contribution is 0.131. The maximum atomic E-state index is 14.2. The molecule has 3 rings (SSSR count). The SMILES string of the molecule is CCOCc1ccc(C2CCC(c3ccc(O)c(F)c3F)CC2)cc1F. The summed E-state index contributed by atoms with van der Waals surface area (Å²) in [4.78, 5) is 0. The summed E-state index contributed by atoms with van der Waals surface area (Å²) < 4.78 is 47.1. The van der Waals surface area contributed by atoms with Gasteiger partial charge in [0.05, 0.1) is 6.61 Å². The van der Waals surface area contributed by atoms with Crippen LogP contribution in [-0.4, -0.2) is 11.7 Å². The van der Waals surface area contributed by atoms with E-state index >= 15 is 0 Å². The highest BCUT2D eigenvalue weighted by Gasteiger charge is 2.27. The van der Waals surface area contributed by atoms with Gasteiger partial charge >= 0.3 is 0 Å². The number of phenolic OH excluding ortho intramolecular Hbond substituents is 1. The van der Waals surface area contributed by atoms with Crippen molar-refractivity contribution in [3.63, 3.8) is 0 Å². The lowest BCUT2D eigenvalue weighted by Gasteiger charge is -2.29. The third kappa shape index (κ3) is 3.88. The minimum atomic E-state index is -1.18. The maximum absolute atomic E-state index is 14.2. The van der Waals surface area contributed by atoms with E-state index in [0.29, 0.717) is 30.6 Å². The van der Waals surface area contributed by atoms with Gasteiger partial charge in [0.15, 0.2) is 11.6 Å². The van der Waals surface area contributed by atoms with Crippen molar-refractivity contribution in [3.8, 4) is 5.75 Å². The van der Waals surface area contributed by atoms with Gasteiger partial charge in [-0.2, -0.15) is 4.39 Å². The van der Waals surface area contributed by atoms with Crippen LogP contribution in [-0.2, 0) is 11.3 Å². The molecule has 1 aliphatic rings. The largest absolute Gasteiger partial charge is 0.505 e. The van der Waals surface area contributed by atoms with Crippen molar-refractivity contribution in [1.29, 1.82) is 0 Å². The summed E-state index contributed by atoms with van der Waals surface area (Å²) in [7, 11) is 0. The third-order valence-corrected chi connectivity index (χ3v) is 5.27. The number of hydrogen-bond donors (Lipinski definition) is 1. The first-order valence-electron chi connectivity index (χ1n) is 9.04. The van der Waals surface area contributed by atoms with E-state index in [-0.39, 0.29) is 24.3 Å². The molecule has 2 aromatic carbocycles. The van der Waals surface area contributed by atoms with E-state index in [1.54, 1.807) is 12.1 Å². The quantitative estimate of drug-likeness (QED) is 0.728. The van der Waals surface area contributed by atoms with Crippen LogP contribution in [0.2, 0.25) is 0 Å². The number of rotatable bonds is 5. The Balaban J connectivity index is 1.67. The Labute approximate surface area is 151 Å². The smallest absolute Gasteiger partial charge is 0.200 e. The number of phenols is 1. The molecule has 0 saturated heterocycles. The molecule has 0 atom stereocenters. The number of ether oxygens (including phenoxy) is 1. The molecule has 26 heavy (non-hydrogen) atoms. The summed E-state index contributed by atoms with van der Waals surface area (Å²) in [5, 5.41) is 9.26. The molecule has 0 amide bonds. The second kappa shape index (κ2) is 8.12. The zero-order chi connectivity index (χ0) is 18.7. The molecule has 140 valence electrons. The summed E-state index contributed by atoms with van der Waals surface area (Å²) in [6, 6.07) is 7.93. The van der Waals surface area contributed by atoms with E-state index < -0.39 is 17.4 Å².